The Kier molecular flexibility index (Phi) is 7.06. The van der Waals surface area contributed by atoms with Gasteiger partial charge in [0, 0.05) is 20.2 Å². The summed E-state index contributed by atoms with van der Waals surface area (Å²) in [6.07, 6.45) is 10.6. The minimum Gasteiger partial charge on any atom is -0.494 e. The van der Waals surface area contributed by atoms with Gasteiger partial charge in [-0.2, -0.15) is 0 Å². The molecule has 0 aliphatic heterocycles. The Hall–Kier alpha value is -2.58. The summed E-state index contributed by atoms with van der Waals surface area (Å²) in [4.78, 5) is 0. The molecule has 0 fully saturated rings. The lowest BCUT2D eigenvalue weighted by Crippen LogP contribution is -1.97. The van der Waals surface area contributed by atoms with Gasteiger partial charge in [0.05, 0.1) is 6.61 Å². The molecule has 0 atom stereocenters. The van der Waals surface area contributed by atoms with Crippen LogP contribution in [0, 0.1) is 13.8 Å². The summed E-state index contributed by atoms with van der Waals surface area (Å²) in [7, 11) is 0. The first-order valence-electron chi connectivity index (χ1n) is 13.1. The molecule has 0 spiro atoms. The molecule has 0 saturated heterocycles. The fraction of sp³-hybridized carbons (Fsp3) is 0.375. The first-order chi connectivity index (χ1) is 16.6. The third-order valence-electron chi connectivity index (χ3n) is 7.24. The van der Waals surface area contributed by atoms with Crippen LogP contribution in [0.4, 0.5) is 0 Å². The van der Waals surface area contributed by atoms with Crippen molar-refractivity contribution in [3.63, 3.8) is 0 Å². The van der Waals surface area contributed by atoms with Gasteiger partial charge in [0.25, 0.3) is 0 Å². The lowest BCUT2D eigenvalue weighted by molar-refractivity contribution is 0.304. The molecule has 0 N–H and O–H groups in total. The van der Waals surface area contributed by atoms with Gasteiger partial charge in [-0.15, -0.1) is 11.3 Å². The van der Waals surface area contributed by atoms with E-state index in [1.165, 1.54) is 97.8 Å². The van der Waals surface area contributed by atoms with E-state index in [1.807, 2.05) is 11.3 Å². The second kappa shape index (κ2) is 10.4. The summed E-state index contributed by atoms with van der Waals surface area (Å²) in [5.74, 6) is 0.993. The largest absolute Gasteiger partial charge is 0.494 e. The molecule has 0 saturated carbocycles. The van der Waals surface area contributed by atoms with E-state index in [2.05, 4.69) is 75.4 Å². The lowest BCUT2D eigenvalue weighted by Gasteiger charge is -2.08. The number of thiophene rings is 1. The fourth-order valence-corrected chi connectivity index (χ4v) is 6.20. The van der Waals surface area contributed by atoms with Crippen molar-refractivity contribution in [3.05, 3.63) is 65.7 Å². The highest BCUT2D eigenvalue weighted by atomic mass is 32.1. The van der Waals surface area contributed by atoms with E-state index in [0.717, 1.165) is 18.8 Å². The average molecular weight is 469 g/mol. The predicted molar refractivity (Wildman–Crippen MR) is 152 cm³/mol. The highest BCUT2D eigenvalue weighted by Gasteiger charge is 2.10. The Morgan fingerprint density at radius 1 is 0.588 bits per heavy atom. The van der Waals surface area contributed by atoms with Gasteiger partial charge < -0.3 is 4.74 Å². The molecule has 0 radical (unpaired) electrons. The van der Waals surface area contributed by atoms with Crippen molar-refractivity contribution in [2.24, 2.45) is 0 Å². The maximum Gasteiger partial charge on any atom is 0.119 e. The van der Waals surface area contributed by atoms with E-state index >= 15 is 0 Å². The second-order valence-corrected chi connectivity index (χ2v) is 11.0. The van der Waals surface area contributed by atoms with Crippen molar-refractivity contribution in [3.8, 4) is 5.75 Å². The molecular formula is C32H36OS. The van der Waals surface area contributed by atoms with Crippen LogP contribution in [0.3, 0.4) is 0 Å². The Labute approximate surface area is 207 Å². The van der Waals surface area contributed by atoms with Gasteiger partial charge in [0.2, 0.25) is 0 Å². The average Bonchev–Trinajstić information content (AvgIpc) is 3.17. The number of hydrogen-bond donors (Lipinski definition) is 0. The molecule has 5 rings (SSSR count). The highest BCUT2D eigenvalue weighted by molar-refractivity contribution is 7.26. The van der Waals surface area contributed by atoms with Gasteiger partial charge in [-0.25, -0.2) is 0 Å². The van der Waals surface area contributed by atoms with Crippen LogP contribution in [0.15, 0.2) is 54.6 Å². The number of rotatable bonds is 10. The van der Waals surface area contributed by atoms with Crippen LogP contribution in [-0.4, -0.2) is 6.61 Å². The van der Waals surface area contributed by atoms with Gasteiger partial charge in [0.15, 0.2) is 0 Å². The monoisotopic (exact) mass is 468 g/mol. The van der Waals surface area contributed by atoms with Crippen LogP contribution >= 0.6 is 11.3 Å². The highest BCUT2D eigenvalue weighted by Crippen LogP contribution is 2.39. The molecule has 4 aromatic carbocycles. The SMILES string of the molecule is CCCCCCCCCCOc1ccc2cc3c(cc2c1)sc1cc2cc(C)c(C)cc2cc13. The van der Waals surface area contributed by atoms with Gasteiger partial charge >= 0.3 is 0 Å². The van der Waals surface area contributed by atoms with Crippen molar-refractivity contribution in [2.75, 3.05) is 6.61 Å². The van der Waals surface area contributed by atoms with E-state index < -0.39 is 0 Å². The third-order valence-corrected chi connectivity index (χ3v) is 8.35. The number of unbranched alkanes of at least 4 members (excludes halogenated alkanes) is 7. The lowest BCUT2D eigenvalue weighted by atomic mass is 10.00. The molecule has 0 bridgehead atoms. The van der Waals surface area contributed by atoms with Crippen molar-refractivity contribution < 1.29 is 4.74 Å². The summed E-state index contributed by atoms with van der Waals surface area (Å²) >= 11 is 1.90. The topological polar surface area (TPSA) is 9.23 Å². The van der Waals surface area contributed by atoms with Crippen LogP contribution in [-0.2, 0) is 0 Å². The van der Waals surface area contributed by atoms with Crippen LogP contribution in [0.2, 0.25) is 0 Å². The van der Waals surface area contributed by atoms with Crippen LogP contribution in [0.25, 0.3) is 41.7 Å². The zero-order chi connectivity index (χ0) is 23.5. The molecule has 0 amide bonds. The molecule has 0 aliphatic carbocycles. The molecule has 0 unspecified atom stereocenters. The van der Waals surface area contributed by atoms with E-state index in [1.54, 1.807) is 0 Å². The number of fused-ring (bicyclic) bond motifs is 5. The number of benzene rings is 4. The van der Waals surface area contributed by atoms with E-state index in [9.17, 15) is 0 Å². The van der Waals surface area contributed by atoms with Crippen molar-refractivity contribution >= 4 is 53.1 Å². The summed E-state index contributed by atoms with van der Waals surface area (Å²) in [5, 5.41) is 7.95. The zero-order valence-electron chi connectivity index (χ0n) is 20.9. The molecule has 2 heteroatoms. The fourth-order valence-electron chi connectivity index (χ4n) is 5.04. The number of ether oxygens (including phenoxy) is 1. The molecule has 0 aliphatic rings. The summed E-state index contributed by atoms with van der Waals surface area (Å²) in [5.41, 5.74) is 2.72. The quantitative estimate of drug-likeness (QED) is 0.185. The van der Waals surface area contributed by atoms with E-state index in [0.29, 0.717) is 0 Å². The minimum absolute atomic E-state index is 0.816. The van der Waals surface area contributed by atoms with Crippen LogP contribution < -0.4 is 4.74 Å². The van der Waals surface area contributed by atoms with Gasteiger partial charge in [0.1, 0.15) is 5.75 Å². The third kappa shape index (κ3) is 4.93. The smallest absolute Gasteiger partial charge is 0.119 e. The van der Waals surface area contributed by atoms with Crippen molar-refractivity contribution in [1.82, 2.24) is 0 Å². The Bertz CT molecular complexity index is 1440. The summed E-state index contributed by atoms with van der Waals surface area (Å²) in [6.45, 7) is 7.49. The second-order valence-electron chi connectivity index (χ2n) is 9.91. The minimum atomic E-state index is 0.816. The number of aryl methyl sites for hydroxylation is 2. The number of hydrogen-bond acceptors (Lipinski definition) is 2. The van der Waals surface area contributed by atoms with Gasteiger partial charge in [-0.05, 0) is 89.3 Å². The molecule has 176 valence electrons. The maximum absolute atomic E-state index is 6.11. The normalized spacial score (nSPS) is 11.9. The van der Waals surface area contributed by atoms with E-state index in [4.69, 9.17) is 4.74 Å². The molecule has 5 aromatic rings. The Morgan fingerprint density at radius 2 is 1.15 bits per heavy atom. The van der Waals surface area contributed by atoms with Crippen molar-refractivity contribution in [1.29, 1.82) is 0 Å². The summed E-state index contributed by atoms with van der Waals surface area (Å²) in [6, 6.07) is 20.7. The molecular weight excluding hydrogens is 432 g/mol. The molecule has 1 nitrogen and oxygen atoms in total. The Balaban J connectivity index is 1.31. The predicted octanol–water partition coefficient (Wildman–Crippen LogP) is 10.5. The Morgan fingerprint density at radius 3 is 1.82 bits per heavy atom. The van der Waals surface area contributed by atoms with Gasteiger partial charge in [-0.1, -0.05) is 70.1 Å². The van der Waals surface area contributed by atoms with Crippen LogP contribution in [0.1, 0.15) is 69.4 Å². The standard InChI is InChI=1S/C32H36OS/c1-4-5-6-7-8-9-10-11-14-33-28-13-12-24-18-29-30-19-25-15-22(2)23(3)16-26(25)20-31(30)34-32(29)21-27(24)17-28/h12-13,15-21H,4-11,14H2,1-3H3. The van der Waals surface area contributed by atoms with Crippen molar-refractivity contribution in [2.45, 2.75) is 72.1 Å². The first kappa shape index (κ1) is 23.2. The van der Waals surface area contributed by atoms with Crippen LogP contribution in [0.5, 0.6) is 5.75 Å². The molecule has 1 aromatic heterocycles. The summed E-state index contributed by atoms with van der Waals surface area (Å²) < 4.78 is 8.83. The maximum atomic E-state index is 6.11. The van der Waals surface area contributed by atoms with Gasteiger partial charge in [-0.3, -0.25) is 0 Å². The first-order valence-corrected chi connectivity index (χ1v) is 13.9. The molecule has 1 heterocycles. The zero-order valence-corrected chi connectivity index (χ0v) is 21.7. The van der Waals surface area contributed by atoms with E-state index in [-0.39, 0.29) is 0 Å². The molecule has 34 heavy (non-hydrogen) atoms.